The summed E-state index contributed by atoms with van der Waals surface area (Å²) in [5.74, 6) is -0.0771. The Morgan fingerprint density at radius 2 is 1.92 bits per heavy atom. The zero-order valence-corrected chi connectivity index (χ0v) is 15.5. The lowest BCUT2D eigenvalue weighted by Gasteiger charge is -2.45. The molecule has 5 heteroatoms. The summed E-state index contributed by atoms with van der Waals surface area (Å²) in [6.45, 7) is 10.9. The molecule has 1 N–H and O–H groups in total. The highest BCUT2D eigenvalue weighted by Crippen LogP contribution is 2.21. The second-order valence-corrected chi connectivity index (χ2v) is 7.54. The first kappa shape index (κ1) is 17.8. The van der Waals surface area contributed by atoms with Gasteiger partial charge >= 0.3 is 0 Å². The topological polar surface area (TPSA) is 54.5 Å². The van der Waals surface area contributed by atoms with Gasteiger partial charge in [0, 0.05) is 36.8 Å². The molecule has 2 atom stereocenters. The van der Waals surface area contributed by atoms with Crippen molar-refractivity contribution in [3.63, 3.8) is 0 Å². The maximum Gasteiger partial charge on any atom is 0.253 e. The molecule has 0 saturated carbocycles. The van der Waals surface area contributed by atoms with Crippen molar-refractivity contribution in [1.29, 1.82) is 0 Å². The molecule has 2 aromatic rings. The van der Waals surface area contributed by atoms with E-state index in [1.54, 1.807) is 6.20 Å². The van der Waals surface area contributed by atoms with E-state index in [0.29, 0.717) is 12.1 Å². The highest BCUT2D eigenvalue weighted by molar-refractivity contribution is 6.05. The van der Waals surface area contributed by atoms with Crippen LogP contribution in [0.3, 0.4) is 0 Å². The van der Waals surface area contributed by atoms with Gasteiger partial charge in [0.15, 0.2) is 0 Å². The van der Waals surface area contributed by atoms with Gasteiger partial charge in [-0.2, -0.15) is 0 Å². The summed E-state index contributed by atoms with van der Waals surface area (Å²) in [5, 5.41) is 4.07. The molecule has 1 fully saturated rings. The summed E-state index contributed by atoms with van der Waals surface area (Å²) in [6.07, 6.45) is 2.14. The number of hydrogen-bond acceptors (Lipinski definition) is 4. The maximum atomic E-state index is 12.7. The van der Waals surface area contributed by atoms with Crippen LogP contribution in [0, 0.1) is 0 Å². The van der Waals surface area contributed by atoms with Gasteiger partial charge in [0.1, 0.15) is 0 Å². The van der Waals surface area contributed by atoms with Crippen LogP contribution in [0.25, 0.3) is 10.9 Å². The van der Waals surface area contributed by atoms with E-state index in [1.807, 2.05) is 30.3 Å². The van der Waals surface area contributed by atoms with Crippen molar-refractivity contribution >= 4 is 16.8 Å². The minimum Gasteiger partial charge on any atom is -0.373 e. The quantitative estimate of drug-likeness (QED) is 0.929. The van der Waals surface area contributed by atoms with Crippen LogP contribution < -0.4 is 5.32 Å². The highest BCUT2D eigenvalue weighted by atomic mass is 16.5. The predicted molar refractivity (Wildman–Crippen MR) is 99.7 cm³/mol. The van der Waals surface area contributed by atoms with Crippen LogP contribution in [0.1, 0.15) is 38.1 Å². The highest BCUT2D eigenvalue weighted by Gasteiger charge is 2.33. The summed E-state index contributed by atoms with van der Waals surface area (Å²) >= 11 is 0. The third kappa shape index (κ3) is 3.99. The van der Waals surface area contributed by atoms with Gasteiger partial charge in [0.2, 0.25) is 0 Å². The molecule has 0 radical (unpaired) electrons. The van der Waals surface area contributed by atoms with Gasteiger partial charge in [-0.05, 0) is 39.8 Å². The summed E-state index contributed by atoms with van der Waals surface area (Å²) in [5.41, 5.74) is 1.23. The fourth-order valence-electron chi connectivity index (χ4n) is 3.46. The summed E-state index contributed by atoms with van der Waals surface area (Å²) < 4.78 is 5.82. The second-order valence-electron chi connectivity index (χ2n) is 7.54. The number of ether oxygens (including phenoxy) is 1. The Hall–Kier alpha value is -1.98. The van der Waals surface area contributed by atoms with E-state index >= 15 is 0 Å². The first-order valence-electron chi connectivity index (χ1n) is 8.89. The molecule has 0 aliphatic carbocycles. The minimum atomic E-state index is -0.139. The number of amides is 1. The molecule has 1 aliphatic heterocycles. The van der Waals surface area contributed by atoms with Crippen molar-refractivity contribution in [2.24, 2.45) is 0 Å². The SMILES string of the molecule is C[C@@H]1CN(C(C)(C)CNC(=O)c2cccc3cccnc23)C[C@H](C)O1. The van der Waals surface area contributed by atoms with Crippen molar-refractivity contribution in [2.45, 2.75) is 45.4 Å². The van der Waals surface area contributed by atoms with Crippen LogP contribution in [0.2, 0.25) is 0 Å². The monoisotopic (exact) mass is 341 g/mol. The molecule has 1 aromatic heterocycles. The van der Waals surface area contributed by atoms with Gasteiger partial charge in [-0.1, -0.05) is 18.2 Å². The number of rotatable bonds is 4. The van der Waals surface area contributed by atoms with Crippen molar-refractivity contribution in [3.8, 4) is 0 Å². The zero-order valence-electron chi connectivity index (χ0n) is 15.5. The number of nitrogens with one attached hydrogen (secondary N) is 1. The third-order valence-electron chi connectivity index (χ3n) is 4.83. The Morgan fingerprint density at radius 3 is 2.64 bits per heavy atom. The Bertz CT molecular complexity index is 744. The molecule has 0 bridgehead atoms. The smallest absolute Gasteiger partial charge is 0.253 e. The minimum absolute atomic E-state index is 0.0771. The lowest BCUT2D eigenvalue weighted by molar-refractivity contribution is -0.0948. The molecule has 1 amide bonds. The van der Waals surface area contributed by atoms with Crippen LogP contribution in [0.15, 0.2) is 36.5 Å². The van der Waals surface area contributed by atoms with Crippen molar-refractivity contribution < 1.29 is 9.53 Å². The number of morpholine rings is 1. The molecule has 134 valence electrons. The molecular weight excluding hydrogens is 314 g/mol. The fourth-order valence-corrected chi connectivity index (χ4v) is 3.46. The Labute approximate surface area is 149 Å². The molecule has 1 aromatic carbocycles. The van der Waals surface area contributed by atoms with Gasteiger partial charge in [-0.25, -0.2) is 0 Å². The number of para-hydroxylation sites is 1. The predicted octanol–water partition coefficient (Wildman–Crippen LogP) is 2.85. The van der Waals surface area contributed by atoms with E-state index in [0.717, 1.165) is 24.0 Å². The lowest BCUT2D eigenvalue weighted by atomic mass is 9.99. The zero-order chi connectivity index (χ0) is 18.0. The van der Waals surface area contributed by atoms with Crippen molar-refractivity contribution in [1.82, 2.24) is 15.2 Å². The van der Waals surface area contributed by atoms with E-state index in [2.05, 4.69) is 42.9 Å². The average Bonchev–Trinajstić information content (AvgIpc) is 2.58. The standard InChI is InChI=1S/C20H27N3O2/c1-14-11-23(12-15(2)25-14)20(3,4)13-22-19(24)17-9-5-7-16-8-6-10-21-18(16)17/h5-10,14-15H,11-13H2,1-4H3,(H,22,24)/t14-,15+. The summed E-state index contributed by atoms with van der Waals surface area (Å²) in [7, 11) is 0. The molecule has 0 spiro atoms. The Morgan fingerprint density at radius 1 is 1.24 bits per heavy atom. The van der Waals surface area contributed by atoms with Gasteiger partial charge in [-0.3, -0.25) is 14.7 Å². The van der Waals surface area contributed by atoms with Gasteiger partial charge in [0.25, 0.3) is 5.91 Å². The molecule has 2 heterocycles. The number of benzene rings is 1. The molecule has 1 aliphatic rings. The van der Waals surface area contributed by atoms with Crippen LogP contribution in [0.4, 0.5) is 0 Å². The average molecular weight is 341 g/mol. The summed E-state index contributed by atoms with van der Waals surface area (Å²) in [4.78, 5) is 19.5. The first-order chi connectivity index (χ1) is 11.9. The van der Waals surface area contributed by atoms with Gasteiger partial charge < -0.3 is 10.1 Å². The van der Waals surface area contributed by atoms with Crippen LogP contribution in [-0.4, -0.2) is 53.2 Å². The number of hydrogen-bond donors (Lipinski definition) is 1. The van der Waals surface area contributed by atoms with E-state index in [-0.39, 0.29) is 23.7 Å². The van der Waals surface area contributed by atoms with E-state index in [4.69, 9.17) is 4.74 Å². The van der Waals surface area contributed by atoms with Gasteiger partial charge in [0.05, 0.1) is 23.3 Å². The Kier molecular flexibility index (Phi) is 5.06. The Balaban J connectivity index is 1.70. The number of aromatic nitrogens is 1. The second kappa shape index (κ2) is 7.10. The molecule has 3 rings (SSSR count). The number of pyridine rings is 1. The largest absolute Gasteiger partial charge is 0.373 e. The van der Waals surface area contributed by atoms with Crippen LogP contribution in [0.5, 0.6) is 0 Å². The molecule has 1 saturated heterocycles. The number of carbonyl (C=O) groups excluding carboxylic acids is 1. The molecule has 25 heavy (non-hydrogen) atoms. The lowest BCUT2D eigenvalue weighted by Crippen LogP contribution is -2.58. The fraction of sp³-hybridized carbons (Fsp3) is 0.500. The first-order valence-corrected chi connectivity index (χ1v) is 8.89. The third-order valence-corrected chi connectivity index (χ3v) is 4.83. The molecule has 0 unspecified atom stereocenters. The van der Waals surface area contributed by atoms with Crippen LogP contribution >= 0.6 is 0 Å². The van der Waals surface area contributed by atoms with Crippen LogP contribution in [-0.2, 0) is 4.74 Å². The molecular formula is C20H27N3O2. The van der Waals surface area contributed by atoms with E-state index in [1.165, 1.54) is 0 Å². The normalized spacial score (nSPS) is 22.1. The van der Waals surface area contributed by atoms with Crippen molar-refractivity contribution in [3.05, 3.63) is 42.1 Å². The number of nitrogens with zero attached hydrogens (tertiary/aromatic N) is 2. The number of fused-ring (bicyclic) bond motifs is 1. The van der Waals surface area contributed by atoms with E-state index in [9.17, 15) is 4.79 Å². The maximum absolute atomic E-state index is 12.7. The summed E-state index contributed by atoms with van der Waals surface area (Å²) in [6, 6.07) is 9.55. The van der Waals surface area contributed by atoms with Gasteiger partial charge in [-0.15, -0.1) is 0 Å². The number of carbonyl (C=O) groups is 1. The van der Waals surface area contributed by atoms with Crippen molar-refractivity contribution in [2.75, 3.05) is 19.6 Å². The molecule has 5 nitrogen and oxygen atoms in total. The van der Waals surface area contributed by atoms with E-state index < -0.39 is 0 Å².